The van der Waals surface area contributed by atoms with E-state index in [1.165, 1.54) is 6.07 Å². The predicted molar refractivity (Wildman–Crippen MR) is 79.8 cm³/mol. The molecule has 0 saturated carbocycles. The van der Waals surface area contributed by atoms with Crippen molar-refractivity contribution in [3.63, 3.8) is 0 Å². The number of carboxylic acids is 1. The van der Waals surface area contributed by atoms with E-state index in [1.54, 1.807) is 0 Å². The van der Waals surface area contributed by atoms with Gasteiger partial charge in [-0.05, 0) is 24.3 Å². The van der Waals surface area contributed by atoms with Crippen molar-refractivity contribution in [3.05, 3.63) is 58.3 Å². The second-order valence-corrected chi connectivity index (χ2v) is 5.25. The SMILES string of the molecule is O=C(O)c1cc2c(Nc3ccc(F)c(Cl)c3)c(F)c(F)c(F)c2[nH]1. The topological polar surface area (TPSA) is 65.1 Å². The molecule has 0 spiro atoms. The van der Waals surface area contributed by atoms with Crippen molar-refractivity contribution in [1.82, 2.24) is 4.98 Å². The van der Waals surface area contributed by atoms with E-state index in [0.717, 1.165) is 18.2 Å². The molecule has 0 aliphatic carbocycles. The number of hydrogen-bond acceptors (Lipinski definition) is 2. The molecule has 0 radical (unpaired) electrons. The second kappa shape index (κ2) is 5.72. The first-order chi connectivity index (χ1) is 11.3. The van der Waals surface area contributed by atoms with Gasteiger partial charge >= 0.3 is 5.97 Å². The molecule has 1 heterocycles. The Hall–Kier alpha value is -2.74. The van der Waals surface area contributed by atoms with Crippen LogP contribution in [0.15, 0.2) is 24.3 Å². The van der Waals surface area contributed by atoms with Crippen LogP contribution in [0.25, 0.3) is 10.9 Å². The van der Waals surface area contributed by atoms with Crippen LogP contribution in [0.1, 0.15) is 10.5 Å². The number of carbonyl (C=O) groups is 1. The number of hydrogen-bond donors (Lipinski definition) is 3. The summed E-state index contributed by atoms with van der Waals surface area (Å²) in [5, 5.41) is 10.9. The van der Waals surface area contributed by atoms with Crippen LogP contribution < -0.4 is 5.32 Å². The number of fused-ring (bicyclic) bond motifs is 1. The molecule has 0 atom stereocenters. The lowest BCUT2D eigenvalue weighted by Gasteiger charge is -2.11. The lowest BCUT2D eigenvalue weighted by molar-refractivity contribution is 0.0691. The third kappa shape index (κ3) is 2.54. The number of aromatic amines is 1. The molecule has 24 heavy (non-hydrogen) atoms. The first-order valence-electron chi connectivity index (χ1n) is 6.44. The molecule has 0 fully saturated rings. The molecule has 0 saturated heterocycles. The highest BCUT2D eigenvalue weighted by molar-refractivity contribution is 6.31. The van der Waals surface area contributed by atoms with E-state index >= 15 is 0 Å². The van der Waals surface area contributed by atoms with Gasteiger partial charge in [0.1, 0.15) is 11.5 Å². The number of H-pyrrole nitrogens is 1. The summed E-state index contributed by atoms with van der Waals surface area (Å²) in [5.74, 6) is -7.01. The highest BCUT2D eigenvalue weighted by Gasteiger charge is 2.23. The summed E-state index contributed by atoms with van der Waals surface area (Å²) in [6, 6.07) is 4.28. The number of halogens is 5. The van der Waals surface area contributed by atoms with Crippen LogP contribution in [-0.2, 0) is 0 Å². The van der Waals surface area contributed by atoms with Crippen LogP contribution in [0.2, 0.25) is 5.02 Å². The molecular weight excluding hydrogens is 352 g/mol. The molecule has 1 aromatic heterocycles. The van der Waals surface area contributed by atoms with Gasteiger partial charge in [-0.25, -0.2) is 22.4 Å². The predicted octanol–water partition coefficient (Wildman–Crippen LogP) is 4.82. The van der Waals surface area contributed by atoms with Crippen molar-refractivity contribution in [2.45, 2.75) is 0 Å². The average Bonchev–Trinajstić information content (AvgIpc) is 2.98. The fourth-order valence-corrected chi connectivity index (χ4v) is 2.40. The fraction of sp³-hybridized carbons (Fsp3) is 0. The van der Waals surface area contributed by atoms with E-state index in [2.05, 4.69) is 10.3 Å². The van der Waals surface area contributed by atoms with Gasteiger partial charge in [0, 0.05) is 11.1 Å². The van der Waals surface area contributed by atoms with Crippen LogP contribution in [0, 0.1) is 23.3 Å². The van der Waals surface area contributed by atoms with Crippen molar-refractivity contribution in [1.29, 1.82) is 0 Å². The Morgan fingerprint density at radius 1 is 1.08 bits per heavy atom. The van der Waals surface area contributed by atoms with Crippen LogP contribution in [-0.4, -0.2) is 16.1 Å². The Bertz CT molecular complexity index is 987. The van der Waals surface area contributed by atoms with Crippen LogP contribution in [0.3, 0.4) is 0 Å². The number of benzene rings is 2. The molecule has 0 unspecified atom stereocenters. The largest absolute Gasteiger partial charge is 0.477 e. The van der Waals surface area contributed by atoms with Gasteiger partial charge in [-0.2, -0.15) is 0 Å². The van der Waals surface area contributed by atoms with Crippen molar-refractivity contribution >= 4 is 39.8 Å². The fourth-order valence-electron chi connectivity index (χ4n) is 2.21. The van der Waals surface area contributed by atoms with Crippen LogP contribution in [0.5, 0.6) is 0 Å². The maximum atomic E-state index is 14.1. The van der Waals surface area contributed by atoms with E-state index in [4.69, 9.17) is 16.7 Å². The lowest BCUT2D eigenvalue weighted by Crippen LogP contribution is -2.01. The molecule has 0 bridgehead atoms. The Balaban J connectivity index is 2.22. The summed E-state index contributed by atoms with van der Waals surface area (Å²) in [4.78, 5) is 13.2. The third-order valence-electron chi connectivity index (χ3n) is 3.33. The summed E-state index contributed by atoms with van der Waals surface area (Å²) in [5.41, 5.74) is -1.36. The highest BCUT2D eigenvalue weighted by atomic mass is 35.5. The van der Waals surface area contributed by atoms with Crippen molar-refractivity contribution in [2.75, 3.05) is 5.32 Å². The van der Waals surface area contributed by atoms with Crippen LogP contribution in [0.4, 0.5) is 28.9 Å². The first-order valence-corrected chi connectivity index (χ1v) is 6.82. The molecule has 3 aromatic rings. The maximum Gasteiger partial charge on any atom is 0.352 e. The zero-order valence-electron chi connectivity index (χ0n) is 11.6. The summed E-state index contributed by atoms with van der Waals surface area (Å²) in [7, 11) is 0. The van der Waals surface area contributed by atoms with Gasteiger partial charge in [-0.1, -0.05) is 11.6 Å². The van der Waals surface area contributed by atoms with Crippen molar-refractivity contribution in [2.24, 2.45) is 0 Å². The van der Waals surface area contributed by atoms with E-state index in [1.807, 2.05) is 0 Å². The lowest BCUT2D eigenvalue weighted by atomic mass is 10.1. The molecule has 4 nitrogen and oxygen atoms in total. The molecule has 9 heteroatoms. The Labute approximate surface area is 136 Å². The van der Waals surface area contributed by atoms with E-state index in [-0.39, 0.29) is 16.1 Å². The zero-order chi connectivity index (χ0) is 17.6. The van der Waals surface area contributed by atoms with Gasteiger partial charge in [0.15, 0.2) is 17.5 Å². The number of aromatic carboxylic acids is 1. The molecule has 124 valence electrons. The quantitative estimate of drug-likeness (QED) is 0.464. The highest BCUT2D eigenvalue weighted by Crippen LogP contribution is 2.35. The monoisotopic (exact) mass is 358 g/mol. The molecule has 0 aliphatic heterocycles. The summed E-state index contributed by atoms with van der Waals surface area (Å²) in [6.07, 6.45) is 0. The maximum absolute atomic E-state index is 14.1. The second-order valence-electron chi connectivity index (χ2n) is 4.85. The average molecular weight is 359 g/mol. The van der Waals surface area contributed by atoms with Crippen molar-refractivity contribution in [3.8, 4) is 0 Å². The number of carboxylic acid groups (broad SMARTS) is 1. The number of anilines is 2. The van der Waals surface area contributed by atoms with E-state index in [0.29, 0.717) is 0 Å². The van der Waals surface area contributed by atoms with Gasteiger partial charge in [0.25, 0.3) is 0 Å². The smallest absolute Gasteiger partial charge is 0.352 e. The first kappa shape index (κ1) is 16.1. The molecular formula is C15H7ClF4N2O2. The molecule has 3 N–H and O–H groups in total. The van der Waals surface area contributed by atoms with Crippen molar-refractivity contribution < 1.29 is 27.5 Å². The summed E-state index contributed by atoms with van der Waals surface area (Å²) >= 11 is 5.61. The number of nitrogens with one attached hydrogen (secondary N) is 2. The van der Waals surface area contributed by atoms with E-state index < -0.39 is 46.1 Å². The normalized spacial score (nSPS) is 11.0. The molecule has 0 amide bonds. The molecule has 3 rings (SSSR count). The summed E-state index contributed by atoms with van der Waals surface area (Å²) in [6.45, 7) is 0. The Kier molecular flexibility index (Phi) is 3.84. The summed E-state index contributed by atoms with van der Waals surface area (Å²) < 4.78 is 54.9. The minimum atomic E-state index is -1.78. The minimum absolute atomic E-state index is 0.102. The Morgan fingerprint density at radius 3 is 2.42 bits per heavy atom. The van der Waals surface area contributed by atoms with E-state index in [9.17, 15) is 22.4 Å². The van der Waals surface area contributed by atoms with Gasteiger partial charge in [0.2, 0.25) is 0 Å². The van der Waals surface area contributed by atoms with Gasteiger partial charge in [-0.15, -0.1) is 0 Å². The zero-order valence-corrected chi connectivity index (χ0v) is 12.3. The van der Waals surface area contributed by atoms with Gasteiger partial charge in [0.05, 0.1) is 16.2 Å². The third-order valence-corrected chi connectivity index (χ3v) is 3.62. The van der Waals surface area contributed by atoms with Gasteiger partial charge in [-0.3, -0.25) is 0 Å². The van der Waals surface area contributed by atoms with Crippen LogP contribution >= 0.6 is 11.6 Å². The number of rotatable bonds is 3. The Morgan fingerprint density at radius 2 is 1.79 bits per heavy atom. The van der Waals surface area contributed by atoms with Gasteiger partial charge < -0.3 is 15.4 Å². The number of aromatic nitrogens is 1. The minimum Gasteiger partial charge on any atom is -0.477 e. The molecule has 0 aliphatic rings. The standard InChI is InChI=1S/C15H7ClF4N2O2/c16-7-3-5(1-2-8(7)17)21-13-6-4-9(15(23)24)22-14(6)12(20)10(18)11(13)19/h1-4,21-22H,(H,23,24). The molecule has 2 aromatic carbocycles.